The molecule has 18 heavy (non-hydrogen) atoms. The zero-order chi connectivity index (χ0) is 13.6. The Labute approximate surface area is 111 Å². The Morgan fingerprint density at radius 1 is 1.44 bits per heavy atom. The van der Waals surface area contributed by atoms with Crippen molar-refractivity contribution >= 4 is 5.91 Å². The Hall–Kier alpha value is -0.610. The van der Waals surface area contributed by atoms with E-state index in [0.29, 0.717) is 12.3 Å². The smallest absolute Gasteiger partial charge is 0.221 e. The number of amides is 1. The number of hydrogen-bond donors (Lipinski definition) is 1. The molecule has 0 aromatic carbocycles. The first kappa shape index (κ1) is 15.4. The lowest BCUT2D eigenvalue weighted by Gasteiger charge is -2.32. The van der Waals surface area contributed by atoms with E-state index in [2.05, 4.69) is 10.2 Å². The van der Waals surface area contributed by atoms with Crippen molar-refractivity contribution in [3.63, 3.8) is 0 Å². The van der Waals surface area contributed by atoms with Crippen molar-refractivity contribution in [3.8, 4) is 0 Å². The highest BCUT2D eigenvalue weighted by atomic mass is 16.5. The molecular formula is C14H28N2O2. The molecule has 1 amide bonds. The first-order valence-electron chi connectivity index (χ1n) is 6.93. The molecule has 4 heteroatoms. The maximum atomic E-state index is 11.7. The summed E-state index contributed by atoms with van der Waals surface area (Å²) in [5.41, 5.74) is -0.127. The number of piperidine rings is 1. The minimum atomic E-state index is -0.127. The van der Waals surface area contributed by atoms with Crippen LogP contribution in [0.25, 0.3) is 0 Å². The van der Waals surface area contributed by atoms with Crippen molar-refractivity contribution in [2.45, 2.75) is 45.6 Å². The van der Waals surface area contributed by atoms with Gasteiger partial charge in [-0.2, -0.15) is 0 Å². The number of nitrogens with one attached hydrogen (secondary N) is 1. The number of carbonyl (C=O) groups is 1. The van der Waals surface area contributed by atoms with Gasteiger partial charge in [-0.1, -0.05) is 0 Å². The zero-order valence-corrected chi connectivity index (χ0v) is 12.3. The first-order valence-corrected chi connectivity index (χ1v) is 6.93. The molecule has 0 spiro atoms. The Morgan fingerprint density at radius 3 is 2.78 bits per heavy atom. The fourth-order valence-electron chi connectivity index (χ4n) is 2.47. The summed E-state index contributed by atoms with van der Waals surface area (Å²) in [6.07, 6.45) is 3.06. The predicted molar refractivity (Wildman–Crippen MR) is 73.6 cm³/mol. The molecule has 1 heterocycles. The molecule has 106 valence electrons. The van der Waals surface area contributed by atoms with Gasteiger partial charge in [0.25, 0.3) is 0 Å². The highest BCUT2D eigenvalue weighted by Crippen LogP contribution is 2.16. The number of methoxy groups -OCH3 is 1. The molecule has 0 bridgehead atoms. The third kappa shape index (κ3) is 6.36. The molecule has 1 rings (SSSR count). The van der Waals surface area contributed by atoms with Crippen molar-refractivity contribution in [2.24, 2.45) is 5.92 Å². The van der Waals surface area contributed by atoms with Gasteiger partial charge in [0.05, 0.1) is 6.61 Å². The summed E-state index contributed by atoms with van der Waals surface area (Å²) >= 11 is 0. The van der Waals surface area contributed by atoms with Crippen LogP contribution in [-0.2, 0) is 9.53 Å². The molecule has 0 radical (unpaired) electrons. The van der Waals surface area contributed by atoms with Gasteiger partial charge in [-0.3, -0.25) is 4.79 Å². The largest absolute Gasteiger partial charge is 0.384 e. The second kappa shape index (κ2) is 7.10. The highest BCUT2D eigenvalue weighted by molar-refractivity contribution is 5.76. The SMILES string of the molecule is COCC1CCCN(CCC(=O)NC(C)(C)C)C1. The Morgan fingerprint density at radius 2 is 2.17 bits per heavy atom. The topological polar surface area (TPSA) is 41.6 Å². The Bertz CT molecular complexity index is 259. The molecule has 0 saturated carbocycles. The molecular weight excluding hydrogens is 228 g/mol. The summed E-state index contributed by atoms with van der Waals surface area (Å²) in [6, 6.07) is 0. The minimum Gasteiger partial charge on any atom is -0.384 e. The number of rotatable bonds is 5. The van der Waals surface area contributed by atoms with Crippen LogP contribution in [-0.4, -0.2) is 49.7 Å². The predicted octanol–water partition coefficient (Wildman–Crippen LogP) is 1.65. The lowest BCUT2D eigenvalue weighted by atomic mass is 9.99. The molecule has 1 unspecified atom stereocenters. The van der Waals surface area contributed by atoms with Crippen LogP contribution < -0.4 is 5.32 Å². The molecule has 1 aliphatic rings. The van der Waals surface area contributed by atoms with E-state index in [0.717, 1.165) is 26.2 Å². The van der Waals surface area contributed by atoms with E-state index in [1.165, 1.54) is 12.8 Å². The van der Waals surface area contributed by atoms with Crippen LogP contribution in [0, 0.1) is 5.92 Å². The fraction of sp³-hybridized carbons (Fsp3) is 0.929. The van der Waals surface area contributed by atoms with E-state index >= 15 is 0 Å². The number of likely N-dealkylation sites (tertiary alicyclic amines) is 1. The van der Waals surface area contributed by atoms with Gasteiger partial charge < -0.3 is 15.0 Å². The molecule has 1 aliphatic heterocycles. The lowest BCUT2D eigenvalue weighted by Crippen LogP contribution is -2.43. The van der Waals surface area contributed by atoms with E-state index in [1.54, 1.807) is 7.11 Å². The number of nitrogens with zero attached hydrogens (tertiary/aromatic N) is 1. The van der Waals surface area contributed by atoms with Crippen LogP contribution in [0.5, 0.6) is 0 Å². The monoisotopic (exact) mass is 256 g/mol. The molecule has 0 aliphatic carbocycles. The average molecular weight is 256 g/mol. The van der Waals surface area contributed by atoms with Crippen molar-refractivity contribution < 1.29 is 9.53 Å². The van der Waals surface area contributed by atoms with Gasteiger partial charge in [0, 0.05) is 32.2 Å². The molecule has 1 fully saturated rings. The van der Waals surface area contributed by atoms with Crippen LogP contribution in [0.2, 0.25) is 0 Å². The van der Waals surface area contributed by atoms with Crippen molar-refractivity contribution in [1.29, 1.82) is 0 Å². The van der Waals surface area contributed by atoms with Crippen molar-refractivity contribution in [3.05, 3.63) is 0 Å². The summed E-state index contributed by atoms with van der Waals surface area (Å²) < 4.78 is 5.22. The standard InChI is InChI=1S/C14H28N2O2/c1-14(2,3)15-13(17)7-9-16-8-5-6-12(10-16)11-18-4/h12H,5-11H2,1-4H3,(H,15,17). The maximum absolute atomic E-state index is 11.7. The van der Waals surface area contributed by atoms with Crippen LogP contribution in [0.1, 0.15) is 40.0 Å². The van der Waals surface area contributed by atoms with E-state index in [-0.39, 0.29) is 11.4 Å². The quantitative estimate of drug-likeness (QED) is 0.813. The zero-order valence-electron chi connectivity index (χ0n) is 12.3. The first-order chi connectivity index (χ1) is 8.40. The minimum absolute atomic E-state index is 0.127. The van der Waals surface area contributed by atoms with Crippen LogP contribution in [0.4, 0.5) is 0 Å². The van der Waals surface area contributed by atoms with Crippen LogP contribution in [0.3, 0.4) is 0 Å². The molecule has 0 aromatic heterocycles. The van der Waals surface area contributed by atoms with E-state index in [4.69, 9.17) is 4.74 Å². The number of carbonyl (C=O) groups excluding carboxylic acids is 1. The van der Waals surface area contributed by atoms with Gasteiger partial charge in [0.15, 0.2) is 0 Å². The third-order valence-corrected chi connectivity index (χ3v) is 3.17. The van der Waals surface area contributed by atoms with Gasteiger partial charge in [-0.05, 0) is 46.1 Å². The van der Waals surface area contributed by atoms with E-state index in [1.807, 2.05) is 20.8 Å². The summed E-state index contributed by atoms with van der Waals surface area (Å²) in [5.74, 6) is 0.783. The van der Waals surface area contributed by atoms with E-state index in [9.17, 15) is 4.79 Å². The van der Waals surface area contributed by atoms with Gasteiger partial charge >= 0.3 is 0 Å². The summed E-state index contributed by atoms with van der Waals surface area (Å²) in [5, 5.41) is 3.00. The maximum Gasteiger partial charge on any atom is 0.221 e. The van der Waals surface area contributed by atoms with Gasteiger partial charge in [0.2, 0.25) is 5.91 Å². The van der Waals surface area contributed by atoms with Crippen molar-refractivity contribution in [1.82, 2.24) is 10.2 Å². The molecule has 1 N–H and O–H groups in total. The number of hydrogen-bond acceptors (Lipinski definition) is 3. The molecule has 1 saturated heterocycles. The lowest BCUT2D eigenvalue weighted by molar-refractivity contribution is -0.122. The normalized spacial score (nSPS) is 21.9. The van der Waals surface area contributed by atoms with Crippen molar-refractivity contribution in [2.75, 3.05) is 33.4 Å². The fourth-order valence-corrected chi connectivity index (χ4v) is 2.47. The molecule has 0 aromatic rings. The highest BCUT2D eigenvalue weighted by Gasteiger charge is 2.21. The van der Waals surface area contributed by atoms with Gasteiger partial charge in [-0.15, -0.1) is 0 Å². The third-order valence-electron chi connectivity index (χ3n) is 3.17. The Balaban J connectivity index is 2.24. The molecule has 1 atom stereocenters. The second-order valence-electron chi connectivity index (χ2n) is 6.31. The summed E-state index contributed by atoms with van der Waals surface area (Å²) in [7, 11) is 1.76. The van der Waals surface area contributed by atoms with Gasteiger partial charge in [-0.25, -0.2) is 0 Å². The molecule has 4 nitrogen and oxygen atoms in total. The van der Waals surface area contributed by atoms with Crippen LogP contribution in [0.15, 0.2) is 0 Å². The van der Waals surface area contributed by atoms with E-state index < -0.39 is 0 Å². The number of ether oxygens (including phenoxy) is 1. The Kier molecular flexibility index (Phi) is 6.09. The van der Waals surface area contributed by atoms with Gasteiger partial charge in [0.1, 0.15) is 0 Å². The average Bonchev–Trinajstić information content (AvgIpc) is 2.25. The summed E-state index contributed by atoms with van der Waals surface area (Å²) in [4.78, 5) is 14.1. The van der Waals surface area contributed by atoms with Crippen LogP contribution >= 0.6 is 0 Å². The second-order valence-corrected chi connectivity index (χ2v) is 6.31. The summed E-state index contributed by atoms with van der Waals surface area (Å²) in [6.45, 7) is 9.92.